The van der Waals surface area contributed by atoms with Gasteiger partial charge in [0.15, 0.2) is 0 Å². The molecule has 1 aliphatic rings. The van der Waals surface area contributed by atoms with E-state index in [9.17, 15) is 9.90 Å². The van der Waals surface area contributed by atoms with E-state index < -0.39 is 6.10 Å². The van der Waals surface area contributed by atoms with Gasteiger partial charge in [-0.3, -0.25) is 14.8 Å². The molecule has 0 aliphatic carbocycles. The van der Waals surface area contributed by atoms with E-state index in [1.165, 1.54) is 0 Å². The Balaban J connectivity index is 1.88. The summed E-state index contributed by atoms with van der Waals surface area (Å²) in [7, 11) is 1.71. The molecular formula is C14H16N4O2. The minimum absolute atomic E-state index is 0.120. The summed E-state index contributed by atoms with van der Waals surface area (Å²) in [5, 5.41) is 12.9. The molecule has 0 radical (unpaired) electrons. The number of carbonyl (C=O) groups is 1. The van der Waals surface area contributed by atoms with Gasteiger partial charge in [-0.1, -0.05) is 0 Å². The zero-order valence-electron chi connectivity index (χ0n) is 11.2. The number of aliphatic hydroxyl groups excluding tert-OH is 1. The third kappa shape index (κ3) is 2.23. The lowest BCUT2D eigenvalue weighted by Crippen LogP contribution is -2.44. The lowest BCUT2D eigenvalue weighted by atomic mass is 10.1. The Morgan fingerprint density at radius 2 is 2.05 bits per heavy atom. The maximum absolute atomic E-state index is 12.5. The Morgan fingerprint density at radius 1 is 1.30 bits per heavy atom. The Bertz CT molecular complexity index is 646. The smallest absolute Gasteiger partial charge is 0.254 e. The van der Waals surface area contributed by atoms with Gasteiger partial charge >= 0.3 is 0 Å². The third-order valence-corrected chi connectivity index (χ3v) is 3.69. The zero-order chi connectivity index (χ0) is 14.1. The maximum atomic E-state index is 12.5. The Kier molecular flexibility index (Phi) is 3.33. The maximum Gasteiger partial charge on any atom is 0.254 e. The molecule has 1 aromatic carbocycles. The van der Waals surface area contributed by atoms with Gasteiger partial charge in [-0.05, 0) is 18.2 Å². The van der Waals surface area contributed by atoms with Crippen LogP contribution in [0.5, 0.6) is 0 Å². The van der Waals surface area contributed by atoms with Crippen LogP contribution in [0.15, 0.2) is 30.6 Å². The molecule has 1 amide bonds. The molecule has 2 heterocycles. The average molecular weight is 272 g/mol. The van der Waals surface area contributed by atoms with Crippen LogP contribution in [0.1, 0.15) is 10.4 Å². The minimum Gasteiger partial charge on any atom is -0.390 e. The van der Waals surface area contributed by atoms with Crippen LogP contribution >= 0.6 is 0 Å². The van der Waals surface area contributed by atoms with Crippen LogP contribution in [-0.4, -0.2) is 58.2 Å². The monoisotopic (exact) mass is 272 g/mol. The molecule has 6 nitrogen and oxygen atoms in total. The molecule has 1 aliphatic heterocycles. The molecule has 2 N–H and O–H groups in total. The molecule has 1 fully saturated rings. The third-order valence-electron chi connectivity index (χ3n) is 3.69. The first-order valence-corrected chi connectivity index (χ1v) is 6.53. The summed E-state index contributed by atoms with van der Waals surface area (Å²) < 4.78 is 0. The first-order chi connectivity index (χ1) is 9.66. The zero-order valence-corrected chi connectivity index (χ0v) is 11.2. The highest BCUT2D eigenvalue weighted by molar-refractivity contribution is 5.97. The summed E-state index contributed by atoms with van der Waals surface area (Å²) in [6.07, 6.45) is 2.70. The molecule has 1 saturated heterocycles. The van der Waals surface area contributed by atoms with Crippen molar-refractivity contribution in [2.45, 2.75) is 12.1 Å². The molecule has 20 heavy (non-hydrogen) atoms. The first-order valence-electron chi connectivity index (χ1n) is 6.53. The van der Waals surface area contributed by atoms with E-state index in [-0.39, 0.29) is 11.9 Å². The second-order valence-electron chi connectivity index (χ2n) is 4.97. The molecule has 1 aromatic heterocycles. The highest BCUT2D eigenvalue weighted by atomic mass is 16.3. The fraction of sp³-hybridized carbons (Fsp3) is 0.357. The summed E-state index contributed by atoms with van der Waals surface area (Å²) in [5.41, 5.74) is 2.01. The Labute approximate surface area is 116 Å². The van der Waals surface area contributed by atoms with Crippen molar-refractivity contribution in [1.29, 1.82) is 0 Å². The van der Waals surface area contributed by atoms with Crippen LogP contribution < -0.4 is 5.32 Å². The van der Waals surface area contributed by atoms with Crippen molar-refractivity contribution in [3.8, 4) is 0 Å². The Hall–Kier alpha value is -2.05. The van der Waals surface area contributed by atoms with Gasteiger partial charge in [-0.25, -0.2) is 0 Å². The highest BCUT2D eigenvalue weighted by Gasteiger charge is 2.31. The van der Waals surface area contributed by atoms with E-state index >= 15 is 0 Å². The van der Waals surface area contributed by atoms with Gasteiger partial charge in [0.2, 0.25) is 0 Å². The first kappa shape index (κ1) is 13.0. The molecule has 0 saturated carbocycles. The molecule has 0 unspecified atom stereocenters. The van der Waals surface area contributed by atoms with Crippen LogP contribution in [0, 0.1) is 0 Å². The normalized spacial score (nSPS) is 22.1. The van der Waals surface area contributed by atoms with Crippen LogP contribution in [0.3, 0.4) is 0 Å². The van der Waals surface area contributed by atoms with E-state index in [0.717, 1.165) is 5.52 Å². The van der Waals surface area contributed by atoms with Crippen molar-refractivity contribution in [3.05, 3.63) is 36.2 Å². The van der Waals surface area contributed by atoms with Gasteiger partial charge in [0.05, 0.1) is 23.2 Å². The number of hydrogen-bond acceptors (Lipinski definition) is 5. The van der Waals surface area contributed by atoms with Crippen molar-refractivity contribution < 1.29 is 9.90 Å². The van der Waals surface area contributed by atoms with Crippen molar-refractivity contribution >= 4 is 16.9 Å². The summed E-state index contributed by atoms with van der Waals surface area (Å²) in [4.78, 5) is 22.4. The lowest BCUT2D eigenvalue weighted by molar-refractivity contribution is 0.0581. The van der Waals surface area contributed by atoms with Crippen molar-refractivity contribution in [1.82, 2.24) is 20.2 Å². The SMILES string of the molecule is CN(C(=O)c1ccc2nccnc2c1)[C@@H]1CNC[C@H]1O. The average Bonchev–Trinajstić information content (AvgIpc) is 2.91. The number of amides is 1. The van der Waals surface area contributed by atoms with Crippen LogP contribution in [0.25, 0.3) is 11.0 Å². The summed E-state index contributed by atoms with van der Waals surface area (Å²) in [6, 6.07) is 5.06. The lowest BCUT2D eigenvalue weighted by Gasteiger charge is -2.26. The number of aliphatic hydroxyl groups is 1. The number of rotatable bonds is 2. The number of aromatic nitrogens is 2. The van der Waals surface area contributed by atoms with Gasteiger partial charge in [0.1, 0.15) is 0 Å². The minimum atomic E-state index is -0.524. The fourth-order valence-electron chi connectivity index (χ4n) is 2.50. The largest absolute Gasteiger partial charge is 0.390 e. The number of benzene rings is 1. The van der Waals surface area contributed by atoms with Gasteiger partial charge in [0.25, 0.3) is 5.91 Å². The number of carbonyl (C=O) groups excluding carboxylic acids is 1. The molecule has 0 spiro atoms. The van der Waals surface area contributed by atoms with E-state index in [2.05, 4.69) is 15.3 Å². The van der Waals surface area contributed by atoms with E-state index in [4.69, 9.17) is 0 Å². The molecule has 2 atom stereocenters. The number of nitrogens with one attached hydrogen (secondary N) is 1. The fourth-order valence-corrected chi connectivity index (χ4v) is 2.50. The van der Waals surface area contributed by atoms with E-state index in [0.29, 0.717) is 24.2 Å². The second-order valence-corrected chi connectivity index (χ2v) is 4.97. The molecule has 2 aromatic rings. The number of fused-ring (bicyclic) bond motifs is 1. The molecule has 104 valence electrons. The number of likely N-dealkylation sites (N-methyl/N-ethyl adjacent to an activating group) is 1. The molecular weight excluding hydrogens is 256 g/mol. The van der Waals surface area contributed by atoms with Crippen molar-refractivity contribution in [2.75, 3.05) is 20.1 Å². The van der Waals surface area contributed by atoms with E-state index in [1.807, 2.05) is 0 Å². The Morgan fingerprint density at radius 3 is 2.75 bits per heavy atom. The highest BCUT2D eigenvalue weighted by Crippen LogP contribution is 2.15. The summed E-state index contributed by atoms with van der Waals surface area (Å²) >= 11 is 0. The second kappa shape index (κ2) is 5.15. The van der Waals surface area contributed by atoms with Gasteiger partial charge in [-0.2, -0.15) is 0 Å². The quantitative estimate of drug-likeness (QED) is 0.806. The van der Waals surface area contributed by atoms with Gasteiger partial charge in [-0.15, -0.1) is 0 Å². The van der Waals surface area contributed by atoms with Gasteiger partial charge in [0, 0.05) is 38.1 Å². The van der Waals surface area contributed by atoms with Crippen LogP contribution in [-0.2, 0) is 0 Å². The molecule has 3 rings (SSSR count). The summed E-state index contributed by atoms with van der Waals surface area (Å²) in [5.74, 6) is -0.120. The van der Waals surface area contributed by atoms with Crippen LogP contribution in [0.4, 0.5) is 0 Å². The topological polar surface area (TPSA) is 78.4 Å². The summed E-state index contributed by atoms with van der Waals surface area (Å²) in [6.45, 7) is 1.13. The number of hydrogen-bond donors (Lipinski definition) is 2. The van der Waals surface area contributed by atoms with Gasteiger partial charge < -0.3 is 15.3 Å². The number of nitrogens with zero attached hydrogens (tertiary/aromatic N) is 3. The predicted octanol–water partition coefficient (Wildman–Crippen LogP) is 0.0345. The van der Waals surface area contributed by atoms with E-state index in [1.54, 1.807) is 42.5 Å². The number of β-amino-alcohol motifs (C(OH)–C–C–N with tert-alkyl or cyclic N) is 1. The standard InChI is InChI=1S/C14H16N4O2/c1-18(12-7-15-8-13(12)19)14(20)9-2-3-10-11(6-9)17-5-4-16-10/h2-6,12-13,15,19H,7-8H2,1H3/t12-,13-/m1/s1. The van der Waals surface area contributed by atoms with Crippen molar-refractivity contribution in [3.63, 3.8) is 0 Å². The van der Waals surface area contributed by atoms with Crippen molar-refractivity contribution in [2.24, 2.45) is 0 Å². The van der Waals surface area contributed by atoms with Crippen LogP contribution in [0.2, 0.25) is 0 Å². The molecule has 6 heteroatoms. The predicted molar refractivity (Wildman–Crippen MR) is 74.3 cm³/mol. The molecule has 0 bridgehead atoms.